The highest BCUT2D eigenvalue weighted by Gasteiger charge is 2.12. The first-order valence-electron chi connectivity index (χ1n) is 3.60. The molecule has 0 unspecified atom stereocenters. The molecule has 0 aromatic carbocycles. The van der Waals surface area contributed by atoms with Crippen molar-refractivity contribution >= 4 is 5.91 Å². The Balaban J connectivity index is 3.93. The molecule has 1 atom stereocenters. The molecule has 0 bridgehead atoms. The van der Waals surface area contributed by atoms with Crippen molar-refractivity contribution < 1.29 is 4.79 Å². The fourth-order valence-corrected chi connectivity index (χ4v) is 0.830. The van der Waals surface area contributed by atoms with E-state index in [1.165, 1.54) is 0 Å². The maximum atomic E-state index is 11.1. The molecule has 64 valence electrons. The third-order valence-electron chi connectivity index (χ3n) is 1.27. The highest BCUT2D eigenvalue weighted by molar-refractivity contribution is 5.81. The van der Waals surface area contributed by atoms with Gasteiger partial charge in [-0.2, -0.15) is 0 Å². The van der Waals surface area contributed by atoms with E-state index in [-0.39, 0.29) is 5.91 Å². The van der Waals surface area contributed by atoms with Gasteiger partial charge in [0.15, 0.2) is 0 Å². The smallest absolute Gasteiger partial charge is 0.239 e. The summed E-state index contributed by atoms with van der Waals surface area (Å²) in [6.07, 6.45) is 0. The van der Waals surface area contributed by atoms with Crippen LogP contribution in [0.15, 0.2) is 12.2 Å². The quantitative estimate of drug-likeness (QED) is 0.600. The molecular formula is C8H16N2O. The SMILES string of the molecule is C=C(C)CN(C)C(=O)[C@@H](C)N. The third kappa shape index (κ3) is 3.78. The van der Waals surface area contributed by atoms with E-state index in [9.17, 15) is 4.79 Å². The molecule has 3 nitrogen and oxygen atoms in total. The summed E-state index contributed by atoms with van der Waals surface area (Å²) in [7, 11) is 1.72. The fourth-order valence-electron chi connectivity index (χ4n) is 0.830. The molecule has 3 heteroatoms. The minimum Gasteiger partial charge on any atom is -0.340 e. The van der Waals surface area contributed by atoms with Crippen molar-refractivity contribution in [2.24, 2.45) is 5.73 Å². The van der Waals surface area contributed by atoms with Crippen LogP contribution < -0.4 is 5.73 Å². The van der Waals surface area contributed by atoms with E-state index in [2.05, 4.69) is 6.58 Å². The molecule has 11 heavy (non-hydrogen) atoms. The van der Waals surface area contributed by atoms with Crippen LogP contribution in [0.3, 0.4) is 0 Å². The second kappa shape index (κ2) is 4.13. The lowest BCUT2D eigenvalue weighted by atomic mass is 10.3. The van der Waals surface area contributed by atoms with Gasteiger partial charge in [0.1, 0.15) is 0 Å². The Labute approximate surface area is 67.9 Å². The molecule has 0 radical (unpaired) electrons. The van der Waals surface area contributed by atoms with Crippen molar-refractivity contribution in [2.75, 3.05) is 13.6 Å². The Bertz CT molecular complexity index is 163. The number of amides is 1. The Kier molecular flexibility index (Phi) is 3.82. The molecule has 0 saturated heterocycles. The molecule has 0 saturated carbocycles. The number of carbonyl (C=O) groups excluding carboxylic acids is 1. The molecule has 0 fully saturated rings. The van der Waals surface area contributed by atoms with Crippen LogP contribution in [0.2, 0.25) is 0 Å². The van der Waals surface area contributed by atoms with Gasteiger partial charge in [-0.25, -0.2) is 0 Å². The monoisotopic (exact) mass is 156 g/mol. The van der Waals surface area contributed by atoms with Crippen molar-refractivity contribution in [3.05, 3.63) is 12.2 Å². The number of hydrogen-bond acceptors (Lipinski definition) is 2. The van der Waals surface area contributed by atoms with Crippen molar-refractivity contribution in [3.8, 4) is 0 Å². The lowest BCUT2D eigenvalue weighted by Gasteiger charge is -2.18. The first kappa shape index (κ1) is 10.2. The van der Waals surface area contributed by atoms with Gasteiger partial charge in [0.2, 0.25) is 5.91 Å². The zero-order chi connectivity index (χ0) is 9.02. The Morgan fingerprint density at radius 2 is 2.18 bits per heavy atom. The fraction of sp³-hybridized carbons (Fsp3) is 0.625. The van der Waals surface area contributed by atoms with Crippen molar-refractivity contribution in [1.82, 2.24) is 4.90 Å². The molecule has 0 heterocycles. The maximum absolute atomic E-state index is 11.1. The Morgan fingerprint density at radius 3 is 2.45 bits per heavy atom. The van der Waals surface area contributed by atoms with E-state index >= 15 is 0 Å². The van der Waals surface area contributed by atoms with Gasteiger partial charge in [-0.05, 0) is 13.8 Å². The minimum atomic E-state index is -0.417. The van der Waals surface area contributed by atoms with Crippen LogP contribution in [0.4, 0.5) is 0 Å². The summed E-state index contributed by atoms with van der Waals surface area (Å²) in [6.45, 7) is 7.84. The van der Waals surface area contributed by atoms with Gasteiger partial charge in [0.25, 0.3) is 0 Å². The molecular weight excluding hydrogens is 140 g/mol. The average molecular weight is 156 g/mol. The summed E-state index contributed by atoms with van der Waals surface area (Å²) < 4.78 is 0. The predicted molar refractivity (Wildman–Crippen MR) is 46.1 cm³/mol. The van der Waals surface area contributed by atoms with Crippen LogP contribution in [-0.4, -0.2) is 30.4 Å². The zero-order valence-corrected chi connectivity index (χ0v) is 7.42. The molecule has 0 rings (SSSR count). The highest BCUT2D eigenvalue weighted by atomic mass is 16.2. The standard InChI is InChI=1S/C8H16N2O/c1-6(2)5-10(4)8(11)7(3)9/h7H,1,5,9H2,2-4H3/t7-/m1/s1. The summed E-state index contributed by atoms with van der Waals surface area (Å²) in [5.41, 5.74) is 6.35. The first-order valence-corrected chi connectivity index (χ1v) is 3.60. The lowest BCUT2D eigenvalue weighted by Crippen LogP contribution is -2.40. The van der Waals surface area contributed by atoms with Crippen LogP contribution in [0, 0.1) is 0 Å². The minimum absolute atomic E-state index is 0.0481. The topological polar surface area (TPSA) is 46.3 Å². The number of nitrogens with zero attached hydrogens (tertiary/aromatic N) is 1. The van der Waals surface area contributed by atoms with E-state index in [1.807, 2.05) is 6.92 Å². The van der Waals surface area contributed by atoms with Crippen LogP contribution in [0.1, 0.15) is 13.8 Å². The van der Waals surface area contributed by atoms with Crippen LogP contribution in [0.25, 0.3) is 0 Å². The first-order chi connectivity index (χ1) is 4.95. The highest BCUT2D eigenvalue weighted by Crippen LogP contribution is 1.94. The molecule has 0 aromatic heterocycles. The van der Waals surface area contributed by atoms with Gasteiger partial charge in [-0.1, -0.05) is 12.2 Å². The normalized spacial score (nSPS) is 12.4. The van der Waals surface area contributed by atoms with Crippen LogP contribution in [-0.2, 0) is 4.79 Å². The van der Waals surface area contributed by atoms with Gasteiger partial charge in [-0.15, -0.1) is 0 Å². The molecule has 2 N–H and O–H groups in total. The van der Waals surface area contributed by atoms with Crippen LogP contribution >= 0.6 is 0 Å². The summed E-state index contributed by atoms with van der Waals surface area (Å²) in [5, 5.41) is 0. The van der Waals surface area contributed by atoms with E-state index in [0.717, 1.165) is 5.57 Å². The Morgan fingerprint density at radius 1 is 1.73 bits per heavy atom. The number of hydrogen-bond donors (Lipinski definition) is 1. The Hall–Kier alpha value is -0.830. The third-order valence-corrected chi connectivity index (χ3v) is 1.27. The van der Waals surface area contributed by atoms with Gasteiger partial charge >= 0.3 is 0 Å². The van der Waals surface area contributed by atoms with Crippen molar-refractivity contribution in [1.29, 1.82) is 0 Å². The molecule has 0 aromatic rings. The molecule has 0 aliphatic rings. The lowest BCUT2D eigenvalue weighted by molar-refractivity contribution is -0.130. The summed E-state index contributed by atoms with van der Waals surface area (Å²) >= 11 is 0. The molecule has 0 spiro atoms. The van der Waals surface area contributed by atoms with Gasteiger partial charge < -0.3 is 10.6 Å². The predicted octanol–water partition coefficient (Wildman–Crippen LogP) is 0.368. The van der Waals surface area contributed by atoms with E-state index < -0.39 is 6.04 Å². The second-order valence-corrected chi connectivity index (χ2v) is 2.94. The van der Waals surface area contributed by atoms with E-state index in [4.69, 9.17) is 5.73 Å². The largest absolute Gasteiger partial charge is 0.340 e. The maximum Gasteiger partial charge on any atom is 0.239 e. The number of carbonyl (C=O) groups is 1. The van der Waals surface area contributed by atoms with Gasteiger partial charge in [0, 0.05) is 13.6 Å². The number of likely N-dealkylation sites (N-methyl/N-ethyl adjacent to an activating group) is 1. The van der Waals surface area contributed by atoms with Crippen molar-refractivity contribution in [2.45, 2.75) is 19.9 Å². The van der Waals surface area contributed by atoms with Crippen molar-refractivity contribution in [3.63, 3.8) is 0 Å². The molecule has 1 amide bonds. The zero-order valence-electron chi connectivity index (χ0n) is 7.42. The summed E-state index contributed by atoms with van der Waals surface area (Å²) in [4.78, 5) is 12.7. The van der Waals surface area contributed by atoms with E-state index in [1.54, 1.807) is 18.9 Å². The second-order valence-electron chi connectivity index (χ2n) is 2.94. The summed E-state index contributed by atoms with van der Waals surface area (Å²) in [6, 6.07) is -0.417. The van der Waals surface area contributed by atoms with Gasteiger partial charge in [-0.3, -0.25) is 4.79 Å². The summed E-state index contributed by atoms with van der Waals surface area (Å²) in [5.74, 6) is -0.0481. The van der Waals surface area contributed by atoms with E-state index in [0.29, 0.717) is 6.54 Å². The number of rotatable bonds is 3. The van der Waals surface area contributed by atoms with Gasteiger partial charge in [0.05, 0.1) is 6.04 Å². The average Bonchev–Trinajstić information content (AvgIpc) is 1.84. The molecule has 0 aliphatic heterocycles. The van der Waals surface area contributed by atoms with Crippen LogP contribution in [0.5, 0.6) is 0 Å². The molecule has 0 aliphatic carbocycles. The number of nitrogens with two attached hydrogens (primary N) is 1.